The molecule has 6 aromatic rings. The van der Waals surface area contributed by atoms with E-state index in [4.69, 9.17) is 25.8 Å². The molecule has 3 heterocycles. The van der Waals surface area contributed by atoms with Gasteiger partial charge in [-0.05, 0) is 124 Å². The van der Waals surface area contributed by atoms with Gasteiger partial charge < -0.3 is 34.6 Å². The van der Waals surface area contributed by atoms with Crippen LogP contribution in [0, 0.1) is 23.5 Å². The molecule has 9 rings (SSSR count). The Morgan fingerprint density at radius 3 is 1.83 bits per heavy atom. The van der Waals surface area contributed by atoms with Crippen LogP contribution >= 0.6 is 11.6 Å². The Kier molecular flexibility index (Phi) is 16.3. The molecule has 2 amide bonds. The zero-order chi connectivity index (χ0) is 48.4. The number of ether oxygens (including phenoxy) is 3. The standard InChI is InChI=1S/C57H64ClF2N5O5/c1-39(30-40-12-9-25-65(37-40)46-34-42(32-44(60)36-46)57(67)62-51-17-19-53(68-27-10-21-58)49-15-5-3-13-47(49)51)55-38-63(26-29-70-55)22-11-28-69-54-20-18-52(48-14-4-6-16-50(48)54)61-56(66)41-31-43(59)35-45(33-41)64-23-7-2-8-24-64/h3-6,13-20,31-36,39-40,55H,2,7-12,21-30,37-38H2,1H3,(H,61,66)(H,62,67)/t39-,40?,55?/m0/s1. The third-order valence-electron chi connectivity index (χ3n) is 14.1. The normalized spacial score (nSPS) is 18.2. The average molecular weight is 973 g/mol. The molecule has 10 nitrogen and oxygen atoms in total. The Labute approximate surface area is 415 Å². The summed E-state index contributed by atoms with van der Waals surface area (Å²) in [5.41, 5.74) is 3.31. The molecule has 70 heavy (non-hydrogen) atoms. The van der Waals surface area contributed by atoms with Gasteiger partial charge in [-0.25, -0.2) is 8.78 Å². The van der Waals surface area contributed by atoms with Crippen molar-refractivity contribution in [2.24, 2.45) is 11.8 Å². The number of benzene rings is 6. The van der Waals surface area contributed by atoms with Gasteiger partial charge in [0, 0.05) is 107 Å². The maximum absolute atomic E-state index is 15.3. The van der Waals surface area contributed by atoms with Crippen molar-refractivity contribution in [3.05, 3.63) is 132 Å². The minimum Gasteiger partial charge on any atom is -0.493 e. The summed E-state index contributed by atoms with van der Waals surface area (Å²) in [5, 5.41) is 9.54. The molecular formula is C57H64ClF2N5O5. The zero-order valence-corrected chi connectivity index (χ0v) is 40.8. The van der Waals surface area contributed by atoms with Crippen LogP contribution in [0.2, 0.25) is 0 Å². The van der Waals surface area contributed by atoms with Gasteiger partial charge in [-0.1, -0.05) is 55.5 Å². The third kappa shape index (κ3) is 12.1. The molecule has 3 aliphatic rings. The summed E-state index contributed by atoms with van der Waals surface area (Å²) in [4.78, 5) is 34.0. The first-order chi connectivity index (χ1) is 34.2. The third-order valence-corrected chi connectivity index (χ3v) is 14.4. The van der Waals surface area contributed by atoms with Crippen LogP contribution < -0.4 is 29.9 Å². The lowest BCUT2D eigenvalue weighted by Crippen LogP contribution is -2.46. The Hall–Kier alpha value is -5.95. The van der Waals surface area contributed by atoms with E-state index in [1.54, 1.807) is 12.1 Å². The van der Waals surface area contributed by atoms with Gasteiger partial charge in [0.25, 0.3) is 11.8 Å². The number of halogens is 3. The average Bonchev–Trinajstić information content (AvgIpc) is 3.38. The molecule has 0 aromatic heterocycles. The van der Waals surface area contributed by atoms with Crippen molar-refractivity contribution in [2.45, 2.75) is 64.4 Å². The Morgan fingerprint density at radius 2 is 1.23 bits per heavy atom. The number of piperidine rings is 2. The minimum absolute atomic E-state index is 0.104. The topological polar surface area (TPSA) is 95.6 Å². The quantitative estimate of drug-likeness (QED) is 0.0650. The molecule has 3 aliphatic heterocycles. The summed E-state index contributed by atoms with van der Waals surface area (Å²) in [6, 6.07) is 32.3. The number of morpholine rings is 1. The smallest absolute Gasteiger partial charge is 0.255 e. The lowest BCUT2D eigenvalue weighted by molar-refractivity contribution is -0.0591. The predicted octanol–water partition coefficient (Wildman–Crippen LogP) is 12.2. The zero-order valence-electron chi connectivity index (χ0n) is 40.1. The van der Waals surface area contributed by atoms with Crippen LogP contribution in [0.3, 0.4) is 0 Å². The summed E-state index contributed by atoms with van der Waals surface area (Å²) in [5.74, 6) is 1.13. The lowest BCUT2D eigenvalue weighted by Gasteiger charge is -2.39. The molecule has 2 unspecified atom stereocenters. The van der Waals surface area contributed by atoms with Crippen molar-refractivity contribution in [3.63, 3.8) is 0 Å². The van der Waals surface area contributed by atoms with Crippen LogP contribution in [-0.4, -0.2) is 94.3 Å². The Balaban J connectivity index is 0.755. The van der Waals surface area contributed by atoms with Crippen molar-refractivity contribution >= 4 is 67.7 Å². The maximum atomic E-state index is 15.3. The van der Waals surface area contributed by atoms with E-state index in [1.165, 1.54) is 30.7 Å². The second kappa shape index (κ2) is 23.3. The van der Waals surface area contributed by atoms with Gasteiger partial charge >= 0.3 is 0 Å². The van der Waals surface area contributed by atoms with Gasteiger partial charge in [-0.2, -0.15) is 0 Å². The van der Waals surface area contributed by atoms with Crippen LogP contribution in [0.15, 0.2) is 109 Å². The number of carbonyl (C=O) groups excluding carboxylic acids is 2. The van der Waals surface area contributed by atoms with Gasteiger partial charge in [0.1, 0.15) is 23.1 Å². The summed E-state index contributed by atoms with van der Waals surface area (Å²) in [6.45, 7) is 9.89. The van der Waals surface area contributed by atoms with E-state index in [1.807, 2.05) is 72.8 Å². The van der Waals surface area contributed by atoms with Crippen LogP contribution in [0.4, 0.5) is 31.5 Å². The summed E-state index contributed by atoms with van der Waals surface area (Å²) in [7, 11) is 0. The van der Waals surface area contributed by atoms with E-state index in [9.17, 15) is 14.0 Å². The molecule has 3 saturated heterocycles. The molecule has 6 aromatic carbocycles. The van der Waals surface area contributed by atoms with E-state index in [-0.39, 0.29) is 23.5 Å². The molecule has 0 saturated carbocycles. The van der Waals surface area contributed by atoms with Gasteiger partial charge in [0.05, 0.1) is 25.9 Å². The highest BCUT2D eigenvalue weighted by Gasteiger charge is 2.30. The number of carbonyl (C=O) groups is 2. The molecule has 0 radical (unpaired) electrons. The highest BCUT2D eigenvalue weighted by Crippen LogP contribution is 2.35. The predicted molar refractivity (Wildman–Crippen MR) is 279 cm³/mol. The van der Waals surface area contributed by atoms with Crippen molar-refractivity contribution < 1.29 is 32.6 Å². The first kappa shape index (κ1) is 49.0. The fraction of sp³-hybridized carbons (Fsp3) is 0.404. The fourth-order valence-electron chi connectivity index (χ4n) is 10.5. The second-order valence-corrected chi connectivity index (χ2v) is 19.5. The van der Waals surface area contributed by atoms with Crippen molar-refractivity contribution in [3.8, 4) is 11.5 Å². The van der Waals surface area contributed by atoms with Crippen molar-refractivity contribution in [2.75, 3.05) is 91.9 Å². The second-order valence-electron chi connectivity index (χ2n) is 19.1. The number of amides is 2. The Bertz CT molecular complexity index is 2770. The number of nitrogens with one attached hydrogen (secondary N) is 2. The SMILES string of the molecule is C[C@@H](CC1CCCN(c2cc(F)cc(C(=O)Nc3ccc(OCCCCl)c4ccccc34)c2)C1)C1CN(CCCOc2ccc(NC(=O)c3cc(F)cc(N4CCCCC4)c3)c3ccccc23)CCO1. The molecule has 368 valence electrons. The van der Waals surface area contributed by atoms with E-state index < -0.39 is 11.6 Å². The number of anilines is 4. The summed E-state index contributed by atoms with van der Waals surface area (Å²) in [6.07, 6.45) is 8.03. The number of hydrogen-bond donors (Lipinski definition) is 2. The Morgan fingerprint density at radius 1 is 0.671 bits per heavy atom. The van der Waals surface area contributed by atoms with Crippen LogP contribution in [-0.2, 0) is 4.74 Å². The van der Waals surface area contributed by atoms with Gasteiger partial charge in [-0.15, -0.1) is 11.6 Å². The van der Waals surface area contributed by atoms with Crippen molar-refractivity contribution in [1.82, 2.24) is 4.90 Å². The van der Waals surface area contributed by atoms with Crippen molar-refractivity contribution in [1.29, 1.82) is 0 Å². The molecule has 2 N–H and O–H groups in total. The number of nitrogens with zero attached hydrogens (tertiary/aromatic N) is 3. The maximum Gasteiger partial charge on any atom is 0.255 e. The number of alkyl halides is 1. The highest BCUT2D eigenvalue weighted by molar-refractivity contribution is 6.17. The molecule has 0 aliphatic carbocycles. The van der Waals surface area contributed by atoms with E-state index in [0.717, 1.165) is 135 Å². The molecule has 3 atom stereocenters. The molecule has 0 spiro atoms. The largest absolute Gasteiger partial charge is 0.493 e. The summed E-state index contributed by atoms with van der Waals surface area (Å²) >= 11 is 5.85. The first-order valence-corrected chi connectivity index (χ1v) is 25.7. The number of fused-ring (bicyclic) bond motifs is 2. The monoisotopic (exact) mass is 971 g/mol. The lowest BCUT2D eigenvalue weighted by atomic mass is 9.86. The van der Waals surface area contributed by atoms with Gasteiger partial charge in [-0.3, -0.25) is 14.5 Å². The van der Waals surface area contributed by atoms with Gasteiger partial charge in [0.2, 0.25) is 0 Å². The summed E-state index contributed by atoms with van der Waals surface area (Å²) < 4.78 is 48.7. The molecule has 13 heteroatoms. The van der Waals surface area contributed by atoms with E-state index >= 15 is 4.39 Å². The molecular weight excluding hydrogens is 908 g/mol. The fourth-order valence-corrected chi connectivity index (χ4v) is 10.6. The van der Waals surface area contributed by atoms with E-state index in [0.29, 0.717) is 54.5 Å². The first-order valence-electron chi connectivity index (χ1n) is 25.1. The molecule has 3 fully saturated rings. The van der Waals surface area contributed by atoms with Crippen LogP contribution in [0.5, 0.6) is 11.5 Å². The number of hydrogen-bond acceptors (Lipinski definition) is 8. The van der Waals surface area contributed by atoms with Gasteiger partial charge in [0.15, 0.2) is 0 Å². The van der Waals surface area contributed by atoms with Crippen LogP contribution in [0.1, 0.15) is 79.0 Å². The van der Waals surface area contributed by atoms with Crippen LogP contribution in [0.25, 0.3) is 21.5 Å². The number of rotatable bonds is 18. The minimum atomic E-state index is -0.441. The van der Waals surface area contributed by atoms with E-state index in [2.05, 4.69) is 32.3 Å². The highest BCUT2D eigenvalue weighted by atomic mass is 35.5. The molecule has 0 bridgehead atoms.